The van der Waals surface area contributed by atoms with Gasteiger partial charge in [0.2, 0.25) is 5.82 Å². The predicted octanol–water partition coefficient (Wildman–Crippen LogP) is 2.97. The van der Waals surface area contributed by atoms with E-state index in [0.717, 1.165) is 43.7 Å². The van der Waals surface area contributed by atoms with Crippen molar-refractivity contribution >= 4 is 5.91 Å². The third-order valence-electron chi connectivity index (χ3n) is 5.13. The van der Waals surface area contributed by atoms with Crippen molar-refractivity contribution in [2.24, 2.45) is 0 Å². The second kappa shape index (κ2) is 8.35. The van der Waals surface area contributed by atoms with Gasteiger partial charge in [0, 0.05) is 25.7 Å². The molecule has 1 aromatic heterocycles. The Hall–Kier alpha value is -2.99. The maximum atomic E-state index is 12.5. The van der Waals surface area contributed by atoms with Crippen LogP contribution in [-0.4, -0.2) is 44.7 Å². The van der Waals surface area contributed by atoms with Gasteiger partial charge in [-0.2, -0.15) is 0 Å². The number of aryl methyl sites for hydroxylation is 1. The van der Waals surface area contributed by atoms with Gasteiger partial charge < -0.3 is 5.32 Å². The van der Waals surface area contributed by atoms with Crippen molar-refractivity contribution in [2.75, 3.05) is 13.1 Å². The normalized spacial score (nSPS) is 15.5. The Kier molecular flexibility index (Phi) is 5.48. The van der Waals surface area contributed by atoms with Gasteiger partial charge in [-0.15, -0.1) is 5.10 Å². The zero-order chi connectivity index (χ0) is 19.3. The van der Waals surface area contributed by atoms with Crippen molar-refractivity contribution in [2.45, 2.75) is 32.4 Å². The van der Waals surface area contributed by atoms with Gasteiger partial charge in [0.05, 0.1) is 5.69 Å². The lowest BCUT2D eigenvalue weighted by Gasteiger charge is -2.32. The summed E-state index contributed by atoms with van der Waals surface area (Å²) in [5, 5.41) is 7.43. The minimum Gasteiger partial charge on any atom is -0.346 e. The molecular weight excluding hydrogens is 350 g/mol. The van der Waals surface area contributed by atoms with Gasteiger partial charge in [-0.1, -0.05) is 42.5 Å². The van der Waals surface area contributed by atoms with E-state index in [4.69, 9.17) is 0 Å². The molecule has 0 spiro atoms. The molecule has 2 aromatic carbocycles. The molecule has 0 atom stereocenters. The van der Waals surface area contributed by atoms with Crippen LogP contribution >= 0.6 is 0 Å². The molecule has 6 heteroatoms. The van der Waals surface area contributed by atoms with Gasteiger partial charge in [-0.25, -0.2) is 9.67 Å². The average Bonchev–Trinajstić information content (AvgIpc) is 3.21. The molecule has 1 saturated heterocycles. The van der Waals surface area contributed by atoms with Gasteiger partial charge >= 0.3 is 0 Å². The fourth-order valence-corrected chi connectivity index (χ4v) is 3.59. The van der Waals surface area contributed by atoms with E-state index in [9.17, 15) is 4.79 Å². The molecule has 0 aliphatic carbocycles. The second-order valence-electron chi connectivity index (χ2n) is 7.36. The van der Waals surface area contributed by atoms with Crippen LogP contribution in [0.25, 0.3) is 5.69 Å². The van der Waals surface area contributed by atoms with Crippen molar-refractivity contribution < 1.29 is 4.79 Å². The molecule has 1 aliphatic rings. The summed E-state index contributed by atoms with van der Waals surface area (Å²) in [6.07, 6.45) is 3.47. The van der Waals surface area contributed by atoms with E-state index >= 15 is 0 Å². The number of hydrogen-bond acceptors (Lipinski definition) is 4. The van der Waals surface area contributed by atoms with Crippen LogP contribution < -0.4 is 5.32 Å². The van der Waals surface area contributed by atoms with E-state index in [-0.39, 0.29) is 17.8 Å². The fourth-order valence-electron chi connectivity index (χ4n) is 3.59. The number of amides is 1. The number of carbonyl (C=O) groups is 1. The lowest BCUT2D eigenvalue weighted by atomic mass is 10.0. The summed E-state index contributed by atoms with van der Waals surface area (Å²) in [5.74, 6) is 0.0149. The first-order valence-electron chi connectivity index (χ1n) is 9.73. The van der Waals surface area contributed by atoms with Gasteiger partial charge in [0.1, 0.15) is 6.33 Å². The molecule has 1 aliphatic heterocycles. The molecule has 0 radical (unpaired) electrons. The smallest absolute Gasteiger partial charge is 0.291 e. The number of carbonyl (C=O) groups excluding carboxylic acids is 1. The second-order valence-corrected chi connectivity index (χ2v) is 7.36. The number of likely N-dealkylation sites (tertiary alicyclic amines) is 1. The summed E-state index contributed by atoms with van der Waals surface area (Å²) in [7, 11) is 0. The summed E-state index contributed by atoms with van der Waals surface area (Å²) in [5.41, 5.74) is 3.37. The molecule has 4 rings (SSSR count). The zero-order valence-electron chi connectivity index (χ0n) is 16.1. The summed E-state index contributed by atoms with van der Waals surface area (Å²) in [6, 6.07) is 18.6. The highest BCUT2D eigenvalue weighted by molar-refractivity contribution is 5.90. The number of aromatic nitrogens is 3. The Morgan fingerprint density at radius 3 is 2.64 bits per heavy atom. The third-order valence-corrected chi connectivity index (χ3v) is 5.13. The van der Waals surface area contributed by atoms with Crippen LogP contribution in [0.3, 0.4) is 0 Å². The van der Waals surface area contributed by atoms with Crippen LogP contribution in [0.5, 0.6) is 0 Å². The SMILES string of the molecule is Cc1cccc(-n2cnc(C(=O)NC3CCN(Cc4ccccc4)CC3)n2)c1. The van der Waals surface area contributed by atoms with E-state index in [2.05, 4.69) is 44.6 Å². The molecule has 1 N–H and O–H groups in total. The molecule has 144 valence electrons. The molecule has 3 aromatic rings. The quantitative estimate of drug-likeness (QED) is 0.745. The molecule has 6 nitrogen and oxygen atoms in total. The number of hydrogen-bond donors (Lipinski definition) is 1. The highest BCUT2D eigenvalue weighted by Gasteiger charge is 2.22. The van der Waals surface area contributed by atoms with E-state index in [0.29, 0.717) is 0 Å². The number of piperidine rings is 1. The molecule has 0 bridgehead atoms. The van der Waals surface area contributed by atoms with E-state index in [1.807, 2.05) is 37.3 Å². The monoisotopic (exact) mass is 375 g/mol. The van der Waals surface area contributed by atoms with E-state index < -0.39 is 0 Å². The number of nitrogens with zero attached hydrogens (tertiary/aromatic N) is 4. The Balaban J connectivity index is 1.30. The minimum absolute atomic E-state index is 0.172. The highest BCUT2D eigenvalue weighted by atomic mass is 16.2. The third kappa shape index (κ3) is 4.46. The van der Waals surface area contributed by atoms with E-state index in [1.165, 1.54) is 5.56 Å². The minimum atomic E-state index is -0.201. The number of rotatable bonds is 5. The largest absolute Gasteiger partial charge is 0.346 e. The van der Waals surface area contributed by atoms with Gasteiger partial charge in [0.25, 0.3) is 5.91 Å². The first-order valence-corrected chi connectivity index (χ1v) is 9.73. The maximum absolute atomic E-state index is 12.5. The van der Waals surface area contributed by atoms with Crippen LogP contribution in [-0.2, 0) is 6.54 Å². The van der Waals surface area contributed by atoms with Gasteiger partial charge in [-0.3, -0.25) is 9.69 Å². The standard InChI is InChI=1S/C22H25N5O/c1-17-6-5-9-20(14-17)27-16-23-21(25-27)22(28)24-19-10-12-26(13-11-19)15-18-7-3-2-4-8-18/h2-9,14,16,19H,10-13,15H2,1H3,(H,24,28). The lowest BCUT2D eigenvalue weighted by Crippen LogP contribution is -2.44. The summed E-state index contributed by atoms with van der Waals surface area (Å²) in [6.45, 7) is 4.94. The average molecular weight is 375 g/mol. The van der Waals surface area contributed by atoms with Crippen LogP contribution in [0, 0.1) is 6.92 Å². The molecule has 28 heavy (non-hydrogen) atoms. The Morgan fingerprint density at radius 1 is 1.11 bits per heavy atom. The predicted molar refractivity (Wildman–Crippen MR) is 108 cm³/mol. The van der Waals surface area contributed by atoms with Crippen LogP contribution in [0.4, 0.5) is 0 Å². The Morgan fingerprint density at radius 2 is 1.89 bits per heavy atom. The van der Waals surface area contributed by atoms with Crippen molar-refractivity contribution in [3.8, 4) is 5.69 Å². The van der Waals surface area contributed by atoms with Crippen LogP contribution in [0.15, 0.2) is 60.9 Å². The van der Waals surface area contributed by atoms with E-state index in [1.54, 1.807) is 11.0 Å². The molecule has 0 saturated carbocycles. The van der Waals surface area contributed by atoms with Crippen molar-refractivity contribution in [1.29, 1.82) is 0 Å². The maximum Gasteiger partial charge on any atom is 0.291 e. The summed E-state index contributed by atoms with van der Waals surface area (Å²) in [4.78, 5) is 19.2. The molecular formula is C22H25N5O. The van der Waals surface area contributed by atoms with Crippen LogP contribution in [0.2, 0.25) is 0 Å². The number of nitrogens with one attached hydrogen (secondary N) is 1. The zero-order valence-corrected chi connectivity index (χ0v) is 16.1. The first kappa shape index (κ1) is 18.4. The van der Waals surface area contributed by atoms with Gasteiger partial charge in [0.15, 0.2) is 0 Å². The van der Waals surface area contributed by atoms with Crippen LogP contribution in [0.1, 0.15) is 34.6 Å². The topological polar surface area (TPSA) is 63.1 Å². The molecule has 0 unspecified atom stereocenters. The molecule has 1 fully saturated rings. The Labute approximate surface area is 165 Å². The lowest BCUT2D eigenvalue weighted by molar-refractivity contribution is 0.0898. The van der Waals surface area contributed by atoms with Gasteiger partial charge in [-0.05, 0) is 43.0 Å². The number of benzene rings is 2. The summed E-state index contributed by atoms with van der Waals surface area (Å²) >= 11 is 0. The highest BCUT2D eigenvalue weighted by Crippen LogP contribution is 2.14. The van der Waals surface area contributed by atoms with Crippen molar-refractivity contribution in [1.82, 2.24) is 25.0 Å². The first-order chi connectivity index (χ1) is 13.7. The molecule has 1 amide bonds. The Bertz CT molecular complexity index is 929. The summed E-state index contributed by atoms with van der Waals surface area (Å²) < 4.78 is 1.64. The fraction of sp³-hybridized carbons (Fsp3) is 0.318. The van der Waals surface area contributed by atoms with Crippen molar-refractivity contribution in [3.05, 3.63) is 77.9 Å². The van der Waals surface area contributed by atoms with Crippen molar-refractivity contribution in [3.63, 3.8) is 0 Å². The molecule has 2 heterocycles.